The molecular formula is C9H14O2. The molecule has 1 aliphatic heterocycles. The van der Waals surface area contributed by atoms with Gasteiger partial charge in [0.1, 0.15) is 6.10 Å². The summed E-state index contributed by atoms with van der Waals surface area (Å²) in [6.45, 7) is 5.57. The van der Waals surface area contributed by atoms with E-state index in [0.717, 1.165) is 19.3 Å². The third-order valence-electron chi connectivity index (χ3n) is 2.09. The van der Waals surface area contributed by atoms with Crippen molar-refractivity contribution in [2.75, 3.05) is 0 Å². The van der Waals surface area contributed by atoms with Crippen molar-refractivity contribution < 1.29 is 9.53 Å². The fourth-order valence-corrected chi connectivity index (χ4v) is 1.31. The first kappa shape index (κ1) is 8.31. The van der Waals surface area contributed by atoms with E-state index in [-0.39, 0.29) is 18.0 Å². The van der Waals surface area contributed by atoms with Crippen LogP contribution >= 0.6 is 0 Å². The second-order valence-electron chi connectivity index (χ2n) is 2.97. The minimum Gasteiger partial charge on any atom is -0.461 e. The summed E-state index contributed by atoms with van der Waals surface area (Å²) < 4.78 is 4.82. The number of carbonyl (C=O) groups is 1. The zero-order chi connectivity index (χ0) is 8.27. The van der Waals surface area contributed by atoms with E-state index in [0.29, 0.717) is 0 Å². The SMILES string of the molecule is C=CCCCC1C(=O)OC1C. The second-order valence-corrected chi connectivity index (χ2v) is 2.97. The maximum Gasteiger partial charge on any atom is 0.312 e. The number of ether oxygens (including phenoxy) is 1. The lowest BCUT2D eigenvalue weighted by Gasteiger charge is -2.32. The number of unbranched alkanes of at least 4 members (excludes halogenated alkanes) is 1. The van der Waals surface area contributed by atoms with Gasteiger partial charge in [-0.25, -0.2) is 0 Å². The quantitative estimate of drug-likeness (QED) is 0.351. The number of esters is 1. The minimum atomic E-state index is -0.0263. The van der Waals surface area contributed by atoms with Crippen molar-refractivity contribution in [1.82, 2.24) is 0 Å². The lowest BCUT2D eigenvalue weighted by Crippen LogP contribution is -2.42. The Morgan fingerprint density at radius 2 is 2.45 bits per heavy atom. The van der Waals surface area contributed by atoms with Crippen molar-refractivity contribution >= 4 is 5.97 Å². The Hall–Kier alpha value is -0.790. The molecule has 62 valence electrons. The maximum absolute atomic E-state index is 10.8. The predicted molar refractivity (Wildman–Crippen MR) is 43.1 cm³/mol. The van der Waals surface area contributed by atoms with Crippen LogP contribution in [0.25, 0.3) is 0 Å². The zero-order valence-electron chi connectivity index (χ0n) is 6.88. The van der Waals surface area contributed by atoms with Crippen LogP contribution < -0.4 is 0 Å². The maximum atomic E-state index is 10.8. The molecule has 1 fully saturated rings. The molecule has 0 saturated carbocycles. The van der Waals surface area contributed by atoms with Crippen molar-refractivity contribution in [1.29, 1.82) is 0 Å². The minimum absolute atomic E-state index is 0.0263. The molecule has 0 aliphatic carbocycles. The van der Waals surface area contributed by atoms with E-state index in [1.54, 1.807) is 0 Å². The first-order valence-electron chi connectivity index (χ1n) is 4.07. The third-order valence-corrected chi connectivity index (χ3v) is 2.09. The Morgan fingerprint density at radius 3 is 2.91 bits per heavy atom. The molecule has 0 aromatic carbocycles. The van der Waals surface area contributed by atoms with Crippen LogP contribution in [-0.4, -0.2) is 12.1 Å². The van der Waals surface area contributed by atoms with Crippen LogP contribution in [0.1, 0.15) is 26.2 Å². The first-order valence-corrected chi connectivity index (χ1v) is 4.07. The number of rotatable bonds is 4. The molecule has 2 unspecified atom stereocenters. The van der Waals surface area contributed by atoms with Crippen molar-refractivity contribution in [2.24, 2.45) is 5.92 Å². The molecule has 11 heavy (non-hydrogen) atoms. The summed E-state index contributed by atoms with van der Waals surface area (Å²) in [5, 5.41) is 0. The molecule has 0 bridgehead atoms. The number of allylic oxidation sites excluding steroid dienone is 1. The summed E-state index contributed by atoms with van der Waals surface area (Å²) in [5.74, 6) is 0.136. The fourth-order valence-electron chi connectivity index (χ4n) is 1.31. The Labute approximate surface area is 67.2 Å². The molecule has 0 amide bonds. The van der Waals surface area contributed by atoms with Crippen LogP contribution in [0.15, 0.2) is 12.7 Å². The molecule has 1 saturated heterocycles. The van der Waals surface area contributed by atoms with Gasteiger partial charge < -0.3 is 4.74 Å². The van der Waals surface area contributed by atoms with E-state index >= 15 is 0 Å². The Balaban J connectivity index is 2.15. The van der Waals surface area contributed by atoms with Crippen LogP contribution in [0.4, 0.5) is 0 Å². The average molecular weight is 154 g/mol. The zero-order valence-corrected chi connectivity index (χ0v) is 6.88. The number of carbonyl (C=O) groups excluding carboxylic acids is 1. The molecule has 1 heterocycles. The van der Waals surface area contributed by atoms with Crippen molar-refractivity contribution in [2.45, 2.75) is 32.3 Å². The molecule has 1 rings (SSSR count). The summed E-state index contributed by atoms with van der Waals surface area (Å²) in [6, 6.07) is 0. The predicted octanol–water partition coefficient (Wildman–Crippen LogP) is 1.90. The first-order chi connectivity index (χ1) is 5.25. The van der Waals surface area contributed by atoms with Gasteiger partial charge in [0.2, 0.25) is 0 Å². The van der Waals surface area contributed by atoms with Crippen molar-refractivity contribution in [3.8, 4) is 0 Å². The van der Waals surface area contributed by atoms with E-state index in [2.05, 4.69) is 6.58 Å². The van der Waals surface area contributed by atoms with Gasteiger partial charge in [0.05, 0.1) is 5.92 Å². The lowest BCUT2D eigenvalue weighted by molar-refractivity contribution is -0.182. The van der Waals surface area contributed by atoms with E-state index in [9.17, 15) is 4.79 Å². The van der Waals surface area contributed by atoms with Gasteiger partial charge in [-0.3, -0.25) is 4.79 Å². The van der Waals surface area contributed by atoms with Gasteiger partial charge in [-0.1, -0.05) is 6.08 Å². The smallest absolute Gasteiger partial charge is 0.312 e. The number of hydrogen-bond acceptors (Lipinski definition) is 2. The lowest BCUT2D eigenvalue weighted by atomic mass is 9.92. The molecule has 0 aromatic rings. The normalized spacial score (nSPS) is 29.0. The van der Waals surface area contributed by atoms with Gasteiger partial charge in [0, 0.05) is 0 Å². The highest BCUT2D eigenvalue weighted by Crippen LogP contribution is 2.26. The monoisotopic (exact) mass is 154 g/mol. The Kier molecular flexibility index (Phi) is 2.69. The highest BCUT2D eigenvalue weighted by Gasteiger charge is 2.37. The van der Waals surface area contributed by atoms with E-state index in [1.807, 2.05) is 13.0 Å². The largest absolute Gasteiger partial charge is 0.461 e. The van der Waals surface area contributed by atoms with Crippen LogP contribution in [0.5, 0.6) is 0 Å². The molecule has 2 atom stereocenters. The molecule has 0 N–H and O–H groups in total. The highest BCUT2D eigenvalue weighted by atomic mass is 16.6. The summed E-state index contributed by atoms with van der Waals surface area (Å²) in [6.07, 6.45) is 5.03. The van der Waals surface area contributed by atoms with E-state index < -0.39 is 0 Å². The molecule has 1 aliphatic rings. The third kappa shape index (κ3) is 1.82. The van der Waals surface area contributed by atoms with Gasteiger partial charge in [0.15, 0.2) is 0 Å². The standard InChI is InChI=1S/C9H14O2/c1-3-4-5-6-8-7(2)11-9(8)10/h3,7-8H,1,4-6H2,2H3. The van der Waals surface area contributed by atoms with Gasteiger partial charge in [-0.15, -0.1) is 6.58 Å². The van der Waals surface area contributed by atoms with Gasteiger partial charge in [-0.2, -0.15) is 0 Å². The Morgan fingerprint density at radius 1 is 1.73 bits per heavy atom. The summed E-state index contributed by atoms with van der Waals surface area (Å²) in [5.41, 5.74) is 0. The van der Waals surface area contributed by atoms with Crippen LogP contribution in [0, 0.1) is 5.92 Å². The molecule has 0 aromatic heterocycles. The summed E-state index contributed by atoms with van der Waals surface area (Å²) in [4.78, 5) is 10.8. The number of cyclic esters (lactones) is 1. The highest BCUT2D eigenvalue weighted by molar-refractivity contribution is 5.78. The van der Waals surface area contributed by atoms with Crippen LogP contribution in [-0.2, 0) is 9.53 Å². The van der Waals surface area contributed by atoms with Crippen molar-refractivity contribution in [3.63, 3.8) is 0 Å². The van der Waals surface area contributed by atoms with Crippen molar-refractivity contribution in [3.05, 3.63) is 12.7 Å². The topological polar surface area (TPSA) is 26.3 Å². The van der Waals surface area contributed by atoms with Crippen LogP contribution in [0.2, 0.25) is 0 Å². The molecular weight excluding hydrogens is 140 g/mol. The van der Waals surface area contributed by atoms with Gasteiger partial charge in [-0.05, 0) is 26.2 Å². The molecule has 2 nitrogen and oxygen atoms in total. The summed E-state index contributed by atoms with van der Waals surface area (Å²) >= 11 is 0. The molecule has 0 radical (unpaired) electrons. The fraction of sp³-hybridized carbons (Fsp3) is 0.667. The van der Waals surface area contributed by atoms with E-state index in [4.69, 9.17) is 4.74 Å². The van der Waals surface area contributed by atoms with E-state index in [1.165, 1.54) is 0 Å². The summed E-state index contributed by atoms with van der Waals surface area (Å²) in [7, 11) is 0. The van der Waals surface area contributed by atoms with Gasteiger partial charge >= 0.3 is 5.97 Å². The molecule has 2 heteroatoms. The Bertz CT molecular complexity index is 163. The van der Waals surface area contributed by atoms with Crippen LogP contribution in [0.3, 0.4) is 0 Å². The van der Waals surface area contributed by atoms with Gasteiger partial charge in [0.25, 0.3) is 0 Å². The number of hydrogen-bond donors (Lipinski definition) is 0. The second kappa shape index (κ2) is 3.56. The molecule has 0 spiro atoms. The average Bonchev–Trinajstić information content (AvgIpc) is 1.98.